The van der Waals surface area contributed by atoms with Crippen molar-refractivity contribution in [1.82, 2.24) is 9.46 Å². The van der Waals surface area contributed by atoms with Gasteiger partial charge in [-0.05, 0) is 26.0 Å². The zero-order valence-corrected chi connectivity index (χ0v) is 14.7. The van der Waals surface area contributed by atoms with Gasteiger partial charge >= 0.3 is 0 Å². The van der Waals surface area contributed by atoms with Gasteiger partial charge in [0.2, 0.25) is 22.7 Å². The van der Waals surface area contributed by atoms with E-state index in [4.69, 9.17) is 14.0 Å². The number of amides is 1. The number of fused-ring (bicyclic) bond motifs is 1. The maximum atomic E-state index is 12.6. The van der Waals surface area contributed by atoms with E-state index in [0.29, 0.717) is 17.2 Å². The van der Waals surface area contributed by atoms with E-state index in [1.165, 1.54) is 20.9 Å². The Labute approximate surface area is 144 Å². The van der Waals surface area contributed by atoms with E-state index in [0.717, 1.165) is 4.31 Å². The van der Waals surface area contributed by atoms with Gasteiger partial charge in [-0.15, -0.1) is 0 Å². The maximum absolute atomic E-state index is 12.6. The number of aromatic nitrogens is 1. The van der Waals surface area contributed by atoms with Gasteiger partial charge in [-0.25, -0.2) is 8.42 Å². The summed E-state index contributed by atoms with van der Waals surface area (Å²) in [5, 5.41) is 6.27. The smallest absolute Gasteiger partial charge is 0.248 e. The molecule has 0 saturated heterocycles. The number of nitrogens with zero attached hydrogens (tertiary/aromatic N) is 2. The van der Waals surface area contributed by atoms with Crippen LogP contribution in [0.5, 0.6) is 11.5 Å². The fourth-order valence-corrected chi connectivity index (χ4v) is 3.87. The number of likely N-dealkylation sites (N-methyl/N-ethyl adjacent to an activating group) is 1. The minimum absolute atomic E-state index is 0.0223. The Bertz CT molecular complexity index is 902. The predicted octanol–water partition coefficient (Wildman–Crippen LogP) is 1.28. The number of carbonyl (C=O) groups is 1. The van der Waals surface area contributed by atoms with Crippen LogP contribution in [0, 0.1) is 13.8 Å². The molecule has 0 bridgehead atoms. The Morgan fingerprint density at radius 3 is 2.68 bits per heavy atom. The van der Waals surface area contributed by atoms with Gasteiger partial charge in [0, 0.05) is 18.8 Å². The van der Waals surface area contributed by atoms with Crippen LogP contribution >= 0.6 is 0 Å². The molecule has 0 aliphatic carbocycles. The lowest BCUT2D eigenvalue weighted by atomic mass is 10.3. The molecule has 9 nitrogen and oxygen atoms in total. The summed E-state index contributed by atoms with van der Waals surface area (Å²) in [5.74, 6) is 0.808. The molecule has 10 heteroatoms. The summed E-state index contributed by atoms with van der Waals surface area (Å²) < 4.78 is 41.4. The number of nitrogens with one attached hydrogen (secondary N) is 1. The summed E-state index contributed by atoms with van der Waals surface area (Å²) in [6.07, 6.45) is 0. The maximum Gasteiger partial charge on any atom is 0.248 e. The average Bonchev–Trinajstić information content (AvgIpc) is 3.13. The van der Waals surface area contributed by atoms with E-state index in [1.807, 2.05) is 0 Å². The van der Waals surface area contributed by atoms with Crippen LogP contribution in [-0.4, -0.2) is 44.2 Å². The Balaban J connectivity index is 1.70. The first-order chi connectivity index (χ1) is 11.8. The second-order valence-electron chi connectivity index (χ2n) is 5.53. The second-order valence-corrected chi connectivity index (χ2v) is 7.51. The molecule has 0 saturated carbocycles. The summed E-state index contributed by atoms with van der Waals surface area (Å²) in [4.78, 5) is 12.2. The first kappa shape index (κ1) is 17.2. The number of aryl methyl sites for hydroxylation is 2. The van der Waals surface area contributed by atoms with Crippen molar-refractivity contribution in [2.45, 2.75) is 18.7 Å². The van der Waals surface area contributed by atoms with E-state index in [9.17, 15) is 13.2 Å². The molecule has 2 heterocycles. The molecule has 0 unspecified atom stereocenters. The lowest BCUT2D eigenvalue weighted by molar-refractivity contribution is -0.116. The van der Waals surface area contributed by atoms with E-state index in [-0.39, 0.29) is 29.7 Å². The zero-order chi connectivity index (χ0) is 18.2. The molecule has 134 valence electrons. The van der Waals surface area contributed by atoms with Crippen molar-refractivity contribution < 1.29 is 27.2 Å². The number of anilines is 1. The fourth-order valence-electron chi connectivity index (χ4n) is 2.46. The highest BCUT2D eigenvalue weighted by Crippen LogP contribution is 2.34. The molecule has 3 rings (SSSR count). The van der Waals surface area contributed by atoms with Crippen LogP contribution in [0.2, 0.25) is 0 Å². The molecular weight excluding hydrogens is 350 g/mol. The number of hydrogen-bond acceptors (Lipinski definition) is 7. The molecule has 0 fully saturated rings. The molecule has 1 aliphatic heterocycles. The summed E-state index contributed by atoms with van der Waals surface area (Å²) in [5.41, 5.74) is 0.734. The lowest BCUT2D eigenvalue weighted by Crippen LogP contribution is -2.35. The van der Waals surface area contributed by atoms with E-state index < -0.39 is 15.9 Å². The number of hydrogen-bond donors (Lipinski definition) is 1. The third-order valence-electron chi connectivity index (χ3n) is 3.66. The molecule has 0 radical (unpaired) electrons. The summed E-state index contributed by atoms with van der Waals surface area (Å²) in [6.45, 7) is 2.81. The standard InChI is InChI=1S/C15H17N3O6S/c1-9-15(10(2)24-17-9)25(20,21)18(3)7-14(19)16-11-4-5-12-13(6-11)23-8-22-12/h4-6H,7-8H2,1-3H3,(H,16,19). The summed E-state index contributed by atoms with van der Waals surface area (Å²) in [7, 11) is -2.56. The monoisotopic (exact) mass is 367 g/mol. The van der Waals surface area contributed by atoms with Crippen LogP contribution in [0.1, 0.15) is 11.5 Å². The van der Waals surface area contributed by atoms with Crippen LogP contribution in [0.15, 0.2) is 27.6 Å². The highest BCUT2D eigenvalue weighted by atomic mass is 32.2. The van der Waals surface area contributed by atoms with Gasteiger partial charge in [-0.1, -0.05) is 5.16 Å². The highest BCUT2D eigenvalue weighted by molar-refractivity contribution is 7.89. The first-order valence-corrected chi connectivity index (χ1v) is 8.82. The molecule has 1 aliphatic rings. The Kier molecular flexibility index (Phi) is 4.39. The van der Waals surface area contributed by atoms with Crippen molar-refractivity contribution in [2.24, 2.45) is 0 Å². The predicted molar refractivity (Wildman–Crippen MR) is 87.0 cm³/mol. The van der Waals surface area contributed by atoms with Gasteiger partial charge in [0.05, 0.1) is 6.54 Å². The molecular formula is C15H17N3O6S. The molecule has 1 aromatic heterocycles. The van der Waals surface area contributed by atoms with Crippen molar-refractivity contribution in [3.05, 3.63) is 29.7 Å². The quantitative estimate of drug-likeness (QED) is 0.847. The van der Waals surface area contributed by atoms with Gasteiger partial charge in [0.1, 0.15) is 10.6 Å². The number of ether oxygens (including phenoxy) is 2. The van der Waals surface area contributed by atoms with Gasteiger partial charge in [0.15, 0.2) is 17.3 Å². The van der Waals surface area contributed by atoms with E-state index >= 15 is 0 Å². The third-order valence-corrected chi connectivity index (χ3v) is 5.71. The summed E-state index contributed by atoms with van der Waals surface area (Å²) in [6, 6.07) is 4.93. The minimum atomic E-state index is -3.88. The van der Waals surface area contributed by atoms with E-state index in [2.05, 4.69) is 10.5 Å². The van der Waals surface area contributed by atoms with Gasteiger partial charge in [-0.3, -0.25) is 4.79 Å². The lowest BCUT2D eigenvalue weighted by Gasteiger charge is -2.16. The number of rotatable bonds is 5. The SMILES string of the molecule is Cc1noc(C)c1S(=O)(=O)N(C)CC(=O)Nc1ccc2c(c1)OCO2. The second kappa shape index (κ2) is 6.37. The van der Waals surface area contributed by atoms with Crippen molar-refractivity contribution in [1.29, 1.82) is 0 Å². The third kappa shape index (κ3) is 3.30. The molecule has 1 N–H and O–H groups in total. The Hall–Kier alpha value is -2.59. The van der Waals surface area contributed by atoms with E-state index in [1.54, 1.807) is 18.2 Å². The van der Waals surface area contributed by atoms with Gasteiger partial charge in [-0.2, -0.15) is 4.31 Å². The topological polar surface area (TPSA) is 111 Å². The van der Waals surface area contributed by atoms with Gasteiger partial charge in [0.25, 0.3) is 0 Å². The van der Waals surface area contributed by atoms with Crippen molar-refractivity contribution >= 4 is 21.6 Å². The first-order valence-electron chi connectivity index (χ1n) is 7.38. The highest BCUT2D eigenvalue weighted by Gasteiger charge is 2.29. The minimum Gasteiger partial charge on any atom is -0.454 e. The van der Waals surface area contributed by atoms with Crippen molar-refractivity contribution in [2.75, 3.05) is 25.7 Å². The largest absolute Gasteiger partial charge is 0.454 e. The Morgan fingerprint density at radius 1 is 1.28 bits per heavy atom. The normalized spacial score (nSPS) is 13.3. The fraction of sp³-hybridized carbons (Fsp3) is 0.333. The molecule has 2 aromatic rings. The molecule has 0 atom stereocenters. The Morgan fingerprint density at radius 2 is 2.00 bits per heavy atom. The molecule has 0 spiro atoms. The van der Waals surface area contributed by atoms with Crippen LogP contribution in [0.3, 0.4) is 0 Å². The van der Waals surface area contributed by atoms with Crippen LogP contribution < -0.4 is 14.8 Å². The number of sulfonamides is 1. The van der Waals surface area contributed by atoms with Crippen molar-refractivity contribution in [3.63, 3.8) is 0 Å². The average molecular weight is 367 g/mol. The van der Waals surface area contributed by atoms with Crippen molar-refractivity contribution in [3.8, 4) is 11.5 Å². The molecule has 25 heavy (non-hydrogen) atoms. The number of benzene rings is 1. The van der Waals surface area contributed by atoms with Crippen LogP contribution in [0.25, 0.3) is 0 Å². The molecule has 1 aromatic carbocycles. The number of carbonyl (C=O) groups excluding carboxylic acids is 1. The summed E-state index contributed by atoms with van der Waals surface area (Å²) >= 11 is 0. The van der Waals surface area contributed by atoms with Crippen LogP contribution in [0.4, 0.5) is 5.69 Å². The van der Waals surface area contributed by atoms with Gasteiger partial charge < -0.3 is 19.3 Å². The molecule has 1 amide bonds. The zero-order valence-electron chi connectivity index (χ0n) is 13.9. The van der Waals surface area contributed by atoms with Crippen LogP contribution in [-0.2, 0) is 14.8 Å².